The lowest BCUT2D eigenvalue weighted by molar-refractivity contribution is 0.0695. The Kier molecular flexibility index (Phi) is 2.93. The minimum atomic E-state index is -1.20. The number of hydrogen-bond donors (Lipinski definition) is 2. The molecule has 3 rings (SSSR count). The summed E-state index contributed by atoms with van der Waals surface area (Å²) in [5.74, 6) is -1.20. The second kappa shape index (κ2) is 4.63. The highest BCUT2D eigenvalue weighted by atomic mass is 16.4. The van der Waals surface area contributed by atoms with Crippen molar-refractivity contribution in [1.29, 1.82) is 0 Å². The zero-order chi connectivity index (χ0) is 14.3. The number of hydrogen-bond acceptors (Lipinski definition) is 2. The van der Waals surface area contributed by atoms with Gasteiger partial charge in [-0.15, -0.1) is 0 Å². The zero-order valence-corrected chi connectivity index (χ0v) is 11.2. The van der Waals surface area contributed by atoms with Gasteiger partial charge in [-0.05, 0) is 60.6 Å². The molecule has 0 saturated heterocycles. The fraction of sp³-hybridized carbons (Fsp3) is 0.250. The molecule has 0 spiro atoms. The molecule has 1 aromatic carbocycles. The Hall–Kier alpha value is -2.36. The number of nitrogens with one attached hydrogen (secondary N) is 1. The average Bonchev–Trinajstić information content (AvgIpc) is 2.87. The van der Waals surface area contributed by atoms with Gasteiger partial charge >= 0.3 is 5.97 Å². The molecule has 0 fully saturated rings. The van der Waals surface area contributed by atoms with Crippen molar-refractivity contribution in [3.8, 4) is 11.3 Å². The molecule has 0 amide bonds. The minimum absolute atomic E-state index is 0.215. The Labute approximate surface area is 116 Å². The van der Waals surface area contributed by atoms with Crippen LogP contribution in [0.4, 0.5) is 0 Å². The van der Waals surface area contributed by atoms with Crippen LogP contribution in [0.3, 0.4) is 0 Å². The average molecular weight is 269 g/mol. The van der Waals surface area contributed by atoms with Crippen molar-refractivity contribution in [2.24, 2.45) is 0 Å². The predicted molar refractivity (Wildman–Crippen MR) is 76.2 cm³/mol. The van der Waals surface area contributed by atoms with Crippen LogP contribution in [0.2, 0.25) is 0 Å². The van der Waals surface area contributed by atoms with Crippen LogP contribution in [0.15, 0.2) is 29.1 Å². The van der Waals surface area contributed by atoms with Gasteiger partial charge in [-0.1, -0.05) is 12.1 Å². The number of benzene rings is 1. The largest absolute Gasteiger partial charge is 0.477 e. The molecule has 1 heterocycles. The summed E-state index contributed by atoms with van der Waals surface area (Å²) >= 11 is 0. The number of pyridine rings is 1. The first-order valence-corrected chi connectivity index (χ1v) is 6.65. The van der Waals surface area contributed by atoms with Gasteiger partial charge in [0, 0.05) is 0 Å². The second-order valence-electron chi connectivity index (χ2n) is 5.21. The molecule has 0 radical (unpaired) electrons. The lowest BCUT2D eigenvalue weighted by atomic mass is 10.0. The molecule has 1 aliphatic rings. The smallest absolute Gasteiger partial charge is 0.341 e. The first-order valence-electron chi connectivity index (χ1n) is 6.65. The highest BCUT2D eigenvalue weighted by Gasteiger charge is 2.15. The molecule has 20 heavy (non-hydrogen) atoms. The summed E-state index contributed by atoms with van der Waals surface area (Å²) in [6, 6.07) is 7.62. The number of H-pyrrole nitrogens is 1. The van der Waals surface area contributed by atoms with Crippen molar-refractivity contribution >= 4 is 5.97 Å². The molecule has 0 unspecified atom stereocenters. The van der Waals surface area contributed by atoms with Gasteiger partial charge in [0.05, 0.1) is 5.69 Å². The lowest BCUT2D eigenvalue weighted by Gasteiger charge is -2.09. The van der Waals surface area contributed by atoms with Crippen LogP contribution in [0.5, 0.6) is 0 Å². The maximum atomic E-state index is 11.8. The number of aromatic nitrogens is 1. The van der Waals surface area contributed by atoms with Crippen molar-refractivity contribution in [3.63, 3.8) is 0 Å². The Balaban J connectivity index is 2.13. The molecule has 2 N–H and O–H groups in total. The van der Waals surface area contributed by atoms with Gasteiger partial charge in [0.1, 0.15) is 5.56 Å². The molecule has 4 heteroatoms. The van der Waals surface area contributed by atoms with Gasteiger partial charge in [-0.2, -0.15) is 0 Å². The summed E-state index contributed by atoms with van der Waals surface area (Å²) in [5.41, 5.74) is 4.33. The number of carboxylic acids is 1. The highest BCUT2D eigenvalue weighted by molar-refractivity contribution is 5.88. The van der Waals surface area contributed by atoms with Gasteiger partial charge in [0.25, 0.3) is 5.56 Å². The summed E-state index contributed by atoms with van der Waals surface area (Å²) in [7, 11) is 0. The molecule has 102 valence electrons. The van der Waals surface area contributed by atoms with E-state index in [0.717, 1.165) is 24.0 Å². The molecule has 4 nitrogen and oxygen atoms in total. The number of aromatic amines is 1. The topological polar surface area (TPSA) is 70.2 Å². The molecule has 0 bridgehead atoms. The van der Waals surface area contributed by atoms with E-state index in [4.69, 9.17) is 5.11 Å². The first kappa shape index (κ1) is 12.7. The Morgan fingerprint density at radius 2 is 1.95 bits per heavy atom. The maximum absolute atomic E-state index is 11.8. The quantitative estimate of drug-likeness (QED) is 0.880. The van der Waals surface area contributed by atoms with Crippen LogP contribution in [-0.4, -0.2) is 16.1 Å². The molecular formula is C16H15NO3. The van der Waals surface area contributed by atoms with E-state index in [1.54, 1.807) is 0 Å². The van der Waals surface area contributed by atoms with Crippen LogP contribution >= 0.6 is 0 Å². The summed E-state index contributed by atoms with van der Waals surface area (Å²) in [6.45, 7) is 1.81. The first-order chi connectivity index (χ1) is 9.56. The summed E-state index contributed by atoms with van der Waals surface area (Å²) < 4.78 is 0. The summed E-state index contributed by atoms with van der Waals surface area (Å²) in [6.07, 6.45) is 3.36. The number of rotatable bonds is 2. The molecular weight excluding hydrogens is 254 g/mol. The normalized spacial score (nSPS) is 13.2. The zero-order valence-electron chi connectivity index (χ0n) is 11.2. The lowest BCUT2D eigenvalue weighted by Crippen LogP contribution is -2.18. The number of carboxylic acid groups (broad SMARTS) is 1. The van der Waals surface area contributed by atoms with Crippen molar-refractivity contribution in [2.75, 3.05) is 0 Å². The van der Waals surface area contributed by atoms with E-state index < -0.39 is 11.5 Å². The fourth-order valence-electron chi connectivity index (χ4n) is 2.82. The van der Waals surface area contributed by atoms with Crippen LogP contribution in [-0.2, 0) is 12.8 Å². The van der Waals surface area contributed by atoms with E-state index >= 15 is 0 Å². The third-order valence-electron chi connectivity index (χ3n) is 3.86. The minimum Gasteiger partial charge on any atom is -0.477 e. The van der Waals surface area contributed by atoms with Crippen molar-refractivity contribution in [1.82, 2.24) is 4.98 Å². The van der Waals surface area contributed by atoms with E-state index in [-0.39, 0.29) is 5.56 Å². The predicted octanol–water partition coefficient (Wildman–Crippen LogP) is 2.54. The van der Waals surface area contributed by atoms with Crippen molar-refractivity contribution < 1.29 is 9.90 Å². The highest BCUT2D eigenvalue weighted by Crippen LogP contribution is 2.28. The molecule has 0 aliphatic heterocycles. The summed E-state index contributed by atoms with van der Waals surface area (Å²) in [4.78, 5) is 25.5. The van der Waals surface area contributed by atoms with Crippen LogP contribution in [0.1, 0.15) is 33.5 Å². The maximum Gasteiger partial charge on any atom is 0.341 e. The van der Waals surface area contributed by atoms with Gasteiger partial charge in [0.15, 0.2) is 0 Å². The van der Waals surface area contributed by atoms with E-state index in [1.165, 1.54) is 23.6 Å². The number of aryl methyl sites for hydroxylation is 3. The van der Waals surface area contributed by atoms with E-state index in [0.29, 0.717) is 5.69 Å². The Bertz CT molecular complexity index is 759. The second-order valence-corrected chi connectivity index (χ2v) is 5.21. The Morgan fingerprint density at radius 1 is 1.20 bits per heavy atom. The van der Waals surface area contributed by atoms with Crippen LogP contribution < -0.4 is 5.56 Å². The van der Waals surface area contributed by atoms with Crippen LogP contribution in [0, 0.1) is 6.92 Å². The van der Waals surface area contributed by atoms with Gasteiger partial charge in [0.2, 0.25) is 0 Å². The Morgan fingerprint density at radius 3 is 2.70 bits per heavy atom. The third kappa shape index (κ3) is 2.03. The van der Waals surface area contributed by atoms with Crippen molar-refractivity contribution in [2.45, 2.75) is 26.2 Å². The van der Waals surface area contributed by atoms with Gasteiger partial charge in [-0.25, -0.2) is 4.79 Å². The fourth-order valence-corrected chi connectivity index (χ4v) is 2.82. The van der Waals surface area contributed by atoms with Crippen LogP contribution in [0.25, 0.3) is 11.3 Å². The third-order valence-corrected chi connectivity index (χ3v) is 3.86. The van der Waals surface area contributed by atoms with E-state index in [2.05, 4.69) is 17.1 Å². The van der Waals surface area contributed by atoms with E-state index in [1.807, 2.05) is 13.0 Å². The molecule has 0 atom stereocenters. The van der Waals surface area contributed by atoms with E-state index in [9.17, 15) is 9.59 Å². The monoisotopic (exact) mass is 269 g/mol. The van der Waals surface area contributed by atoms with Crippen molar-refractivity contribution in [3.05, 3.63) is 56.9 Å². The standard InChI is InChI=1S/C16H15NO3/c1-9-7-13(16(19)20)15(18)17-14(9)12-6-5-10-3-2-4-11(10)8-12/h5-8H,2-4H2,1H3,(H,17,18)(H,19,20). The number of carbonyl (C=O) groups is 1. The number of fused-ring (bicyclic) bond motifs is 1. The molecule has 2 aromatic rings. The number of aromatic carboxylic acids is 1. The molecule has 1 aromatic heterocycles. The van der Waals surface area contributed by atoms with Gasteiger partial charge < -0.3 is 10.1 Å². The SMILES string of the molecule is Cc1cc(C(=O)O)c(=O)[nH]c1-c1ccc2c(c1)CCC2. The summed E-state index contributed by atoms with van der Waals surface area (Å²) in [5, 5.41) is 8.96. The molecule has 1 aliphatic carbocycles. The van der Waals surface area contributed by atoms with Gasteiger partial charge in [-0.3, -0.25) is 4.79 Å². The molecule has 0 saturated carbocycles.